The van der Waals surface area contributed by atoms with Crippen LogP contribution in [0.1, 0.15) is 18.6 Å². The molecule has 1 amide bonds. The molecule has 2 heterocycles. The quantitative estimate of drug-likeness (QED) is 0.657. The van der Waals surface area contributed by atoms with E-state index in [0.717, 1.165) is 19.4 Å². The Balaban J connectivity index is 1.98. The molecule has 0 radical (unpaired) electrons. The van der Waals surface area contributed by atoms with E-state index < -0.39 is 5.91 Å². The van der Waals surface area contributed by atoms with Crippen molar-refractivity contribution in [3.63, 3.8) is 0 Å². The molecule has 1 atom stereocenters. The van der Waals surface area contributed by atoms with Crippen LogP contribution >= 0.6 is 0 Å². The second kappa shape index (κ2) is 6.95. The summed E-state index contributed by atoms with van der Waals surface area (Å²) in [5, 5.41) is 11.8. The zero-order valence-corrected chi connectivity index (χ0v) is 12.3. The average Bonchev–Trinajstić information content (AvgIpc) is 3.13. The van der Waals surface area contributed by atoms with E-state index in [1.165, 1.54) is 6.08 Å². The van der Waals surface area contributed by atoms with Crippen molar-refractivity contribution in [3.05, 3.63) is 23.5 Å². The third-order valence-corrected chi connectivity index (χ3v) is 3.22. The lowest BCUT2D eigenvalue weighted by Crippen LogP contribution is -2.32. The van der Waals surface area contributed by atoms with Crippen LogP contribution in [0.25, 0.3) is 6.08 Å². The SMILES string of the molecule is CN(C)c1ccc(/C=C(\C#N)C(=O)NC[C@@H]2CCCO2)o1. The first-order valence-corrected chi connectivity index (χ1v) is 6.89. The number of furan rings is 1. The number of nitrogens with zero attached hydrogens (tertiary/aromatic N) is 2. The summed E-state index contributed by atoms with van der Waals surface area (Å²) in [7, 11) is 3.71. The van der Waals surface area contributed by atoms with Crippen molar-refractivity contribution in [1.29, 1.82) is 5.26 Å². The van der Waals surface area contributed by atoms with Crippen molar-refractivity contribution in [2.24, 2.45) is 0 Å². The van der Waals surface area contributed by atoms with Gasteiger partial charge in [0.05, 0.1) is 6.10 Å². The van der Waals surface area contributed by atoms with Crippen LogP contribution in [0.5, 0.6) is 0 Å². The third-order valence-electron chi connectivity index (χ3n) is 3.22. The molecule has 0 aromatic carbocycles. The maximum Gasteiger partial charge on any atom is 0.262 e. The fourth-order valence-electron chi connectivity index (χ4n) is 2.06. The van der Waals surface area contributed by atoms with E-state index in [-0.39, 0.29) is 11.7 Å². The number of nitriles is 1. The molecule has 0 saturated carbocycles. The van der Waals surface area contributed by atoms with Crippen LogP contribution < -0.4 is 10.2 Å². The standard InChI is InChI=1S/C15H19N3O3/c1-18(2)14-6-5-12(21-14)8-11(9-16)15(19)17-10-13-4-3-7-20-13/h5-6,8,13H,3-4,7,10H2,1-2H3,(H,17,19)/b11-8+/t13-/m0/s1. The summed E-state index contributed by atoms with van der Waals surface area (Å²) in [6.45, 7) is 1.17. The molecule has 1 aliphatic heterocycles. The van der Waals surface area contributed by atoms with Crippen LogP contribution in [0.3, 0.4) is 0 Å². The number of amides is 1. The summed E-state index contributed by atoms with van der Waals surface area (Å²) in [5.41, 5.74) is 0.0210. The van der Waals surface area contributed by atoms with Gasteiger partial charge in [0.1, 0.15) is 17.4 Å². The Morgan fingerprint density at radius 2 is 2.38 bits per heavy atom. The monoisotopic (exact) mass is 289 g/mol. The molecule has 1 saturated heterocycles. The van der Waals surface area contributed by atoms with Gasteiger partial charge in [-0.25, -0.2) is 0 Å². The number of carbonyl (C=O) groups is 1. The average molecular weight is 289 g/mol. The molecule has 0 bridgehead atoms. The van der Waals surface area contributed by atoms with Gasteiger partial charge in [0.15, 0.2) is 5.88 Å². The minimum absolute atomic E-state index is 0.0210. The summed E-state index contributed by atoms with van der Waals surface area (Å²) in [6, 6.07) is 5.40. The first-order chi connectivity index (χ1) is 10.1. The highest BCUT2D eigenvalue weighted by Crippen LogP contribution is 2.18. The van der Waals surface area contributed by atoms with Crippen LogP contribution in [-0.2, 0) is 9.53 Å². The van der Waals surface area contributed by atoms with E-state index in [1.54, 1.807) is 17.0 Å². The van der Waals surface area contributed by atoms with Gasteiger partial charge in [-0.05, 0) is 18.9 Å². The van der Waals surface area contributed by atoms with Crippen molar-refractivity contribution in [2.45, 2.75) is 18.9 Å². The Labute approximate surface area is 124 Å². The van der Waals surface area contributed by atoms with Crippen LogP contribution in [0.4, 0.5) is 5.88 Å². The normalized spacial score (nSPS) is 18.3. The molecule has 1 aliphatic rings. The van der Waals surface area contributed by atoms with E-state index in [0.29, 0.717) is 18.2 Å². The zero-order valence-electron chi connectivity index (χ0n) is 12.3. The van der Waals surface area contributed by atoms with Gasteiger partial charge in [-0.3, -0.25) is 4.79 Å². The lowest BCUT2D eigenvalue weighted by Gasteiger charge is -2.10. The van der Waals surface area contributed by atoms with E-state index in [9.17, 15) is 4.79 Å². The third kappa shape index (κ3) is 4.10. The maximum absolute atomic E-state index is 12.0. The second-order valence-electron chi connectivity index (χ2n) is 5.09. The van der Waals surface area contributed by atoms with Gasteiger partial charge in [-0.1, -0.05) is 0 Å². The fraction of sp³-hybridized carbons (Fsp3) is 0.467. The number of hydrogen-bond acceptors (Lipinski definition) is 5. The summed E-state index contributed by atoms with van der Waals surface area (Å²) >= 11 is 0. The van der Waals surface area contributed by atoms with Gasteiger partial charge < -0.3 is 19.4 Å². The highest BCUT2D eigenvalue weighted by molar-refractivity contribution is 6.01. The molecule has 112 valence electrons. The highest BCUT2D eigenvalue weighted by atomic mass is 16.5. The maximum atomic E-state index is 12.0. The lowest BCUT2D eigenvalue weighted by atomic mass is 10.2. The van der Waals surface area contributed by atoms with Gasteiger partial charge in [0.2, 0.25) is 0 Å². The molecule has 21 heavy (non-hydrogen) atoms. The minimum Gasteiger partial charge on any atom is -0.441 e. The first kappa shape index (κ1) is 15.1. The van der Waals surface area contributed by atoms with Gasteiger partial charge in [-0.2, -0.15) is 5.26 Å². The molecule has 1 aromatic rings. The van der Waals surface area contributed by atoms with E-state index in [1.807, 2.05) is 20.2 Å². The Bertz CT molecular complexity index is 563. The van der Waals surface area contributed by atoms with Gasteiger partial charge in [0, 0.05) is 39.4 Å². The molecular weight excluding hydrogens is 270 g/mol. The second-order valence-corrected chi connectivity index (χ2v) is 5.09. The molecule has 0 aliphatic carbocycles. The van der Waals surface area contributed by atoms with Crippen molar-refractivity contribution in [3.8, 4) is 6.07 Å². The largest absolute Gasteiger partial charge is 0.441 e. The molecule has 6 nitrogen and oxygen atoms in total. The summed E-state index contributed by atoms with van der Waals surface area (Å²) in [5.74, 6) is 0.733. The molecule has 0 spiro atoms. The van der Waals surface area contributed by atoms with Crippen molar-refractivity contribution in [1.82, 2.24) is 5.32 Å². The lowest BCUT2D eigenvalue weighted by molar-refractivity contribution is -0.117. The Morgan fingerprint density at radius 3 is 2.95 bits per heavy atom. The van der Waals surface area contributed by atoms with E-state index in [2.05, 4.69) is 5.32 Å². The molecule has 1 N–H and O–H groups in total. The number of rotatable bonds is 5. The van der Waals surface area contributed by atoms with Crippen LogP contribution in [0, 0.1) is 11.3 Å². The number of carbonyl (C=O) groups excluding carboxylic acids is 1. The number of hydrogen-bond donors (Lipinski definition) is 1. The van der Waals surface area contributed by atoms with Crippen molar-refractivity contribution >= 4 is 17.9 Å². The van der Waals surface area contributed by atoms with E-state index >= 15 is 0 Å². The number of ether oxygens (including phenoxy) is 1. The molecular formula is C15H19N3O3. The predicted octanol–water partition coefficient (Wildman–Crippen LogP) is 1.55. The number of anilines is 1. The van der Waals surface area contributed by atoms with Gasteiger partial charge in [0.25, 0.3) is 5.91 Å². The topological polar surface area (TPSA) is 78.5 Å². The summed E-state index contributed by atoms with van der Waals surface area (Å²) < 4.78 is 10.9. The molecule has 6 heteroatoms. The number of nitrogens with one attached hydrogen (secondary N) is 1. The highest BCUT2D eigenvalue weighted by Gasteiger charge is 2.17. The molecule has 1 fully saturated rings. The smallest absolute Gasteiger partial charge is 0.262 e. The fourth-order valence-corrected chi connectivity index (χ4v) is 2.06. The molecule has 0 unspecified atom stereocenters. The van der Waals surface area contributed by atoms with Gasteiger partial charge >= 0.3 is 0 Å². The van der Waals surface area contributed by atoms with Gasteiger partial charge in [-0.15, -0.1) is 0 Å². The van der Waals surface area contributed by atoms with Crippen molar-refractivity contribution in [2.75, 3.05) is 32.1 Å². The first-order valence-electron chi connectivity index (χ1n) is 6.89. The Hall–Kier alpha value is -2.26. The Kier molecular flexibility index (Phi) is 5.01. The summed E-state index contributed by atoms with van der Waals surface area (Å²) in [6.07, 6.45) is 3.45. The minimum atomic E-state index is -0.407. The molecule has 1 aromatic heterocycles. The van der Waals surface area contributed by atoms with Crippen LogP contribution in [0.2, 0.25) is 0 Å². The van der Waals surface area contributed by atoms with Crippen LogP contribution in [0.15, 0.2) is 22.1 Å². The van der Waals surface area contributed by atoms with E-state index in [4.69, 9.17) is 14.4 Å². The zero-order chi connectivity index (χ0) is 15.2. The summed E-state index contributed by atoms with van der Waals surface area (Å²) in [4.78, 5) is 13.8. The predicted molar refractivity (Wildman–Crippen MR) is 78.6 cm³/mol. The Morgan fingerprint density at radius 1 is 1.57 bits per heavy atom. The van der Waals surface area contributed by atoms with Crippen molar-refractivity contribution < 1.29 is 13.9 Å². The van der Waals surface area contributed by atoms with Crippen LogP contribution in [-0.4, -0.2) is 39.3 Å². The molecule has 2 rings (SSSR count).